The number of unbranched alkanes of at least 4 members (excludes halogenated alkanes) is 3. The highest BCUT2D eigenvalue weighted by Crippen LogP contribution is 2.19. The Balaban J connectivity index is -0.000000208. The third kappa shape index (κ3) is 96.1. The Labute approximate surface area is 531 Å². The number of rotatable bonds is 23. The topological polar surface area (TPSA) is 96.2 Å². The quantitative estimate of drug-likeness (QED) is 0.0522. The molecule has 0 aliphatic carbocycles. The first-order valence-electron chi connectivity index (χ1n) is 33.9. The molecule has 8 heteroatoms. The number of anilines is 2. The summed E-state index contributed by atoms with van der Waals surface area (Å²) in [6.07, 6.45) is 9.04. The molecule has 0 saturated heterocycles. The monoisotopic (exact) mass is 1190 g/mol. The lowest BCUT2D eigenvalue weighted by Crippen LogP contribution is -2.33. The van der Waals surface area contributed by atoms with Gasteiger partial charge in [-0.2, -0.15) is 0 Å². The zero-order chi connectivity index (χ0) is 67.1. The van der Waals surface area contributed by atoms with Crippen LogP contribution in [0.2, 0.25) is 0 Å². The number of benzene rings is 2. The molecule has 0 fully saturated rings. The van der Waals surface area contributed by atoms with Crippen molar-refractivity contribution in [3.63, 3.8) is 0 Å². The minimum absolute atomic E-state index is 0.331. The van der Waals surface area contributed by atoms with Crippen molar-refractivity contribution in [2.24, 2.45) is 43.3 Å². The Morgan fingerprint density at radius 1 is 0.321 bits per heavy atom. The van der Waals surface area contributed by atoms with Gasteiger partial charge in [0.15, 0.2) is 0 Å². The van der Waals surface area contributed by atoms with E-state index < -0.39 is 0 Å². The van der Waals surface area contributed by atoms with Crippen LogP contribution in [0.25, 0.3) is 0 Å². The molecule has 0 amide bonds. The van der Waals surface area contributed by atoms with E-state index in [1.165, 1.54) is 86.1 Å². The highest BCUT2D eigenvalue weighted by atomic mass is 14.9. The van der Waals surface area contributed by atoms with E-state index in [2.05, 4.69) is 327 Å². The highest BCUT2D eigenvalue weighted by molar-refractivity contribution is 5.48. The average molecular weight is 1190 g/mol. The summed E-state index contributed by atoms with van der Waals surface area (Å²) in [6, 6.07) is 16.4. The summed E-state index contributed by atoms with van der Waals surface area (Å²) >= 11 is 0. The first kappa shape index (κ1) is 92.9. The van der Waals surface area contributed by atoms with Crippen LogP contribution in [0.4, 0.5) is 11.4 Å². The Bertz CT molecular complexity index is 1670. The molecule has 0 aliphatic heterocycles. The lowest BCUT2D eigenvalue weighted by Gasteiger charge is -2.21. The van der Waals surface area contributed by atoms with Crippen molar-refractivity contribution in [2.75, 3.05) is 89.2 Å². The molecule has 504 valence electrons. The normalized spacial score (nSPS) is 12.3. The SMILES string of the molecule is CC(C)NCC(C)(C)C.CCC(C)NCC(C)(C)C.CCCCCNCC(C)(C)C.CCCCNCC(C)(C)C.CCCNCC(C)(C)C.CCNCC(C)(C)C.Cc1cc(C)cc(NCC(C)(C)C)c1.Cc1ccc(NCC(C)(C)C)cc1. The molecule has 0 spiro atoms. The second-order valence-corrected chi connectivity index (χ2v) is 34.0. The fourth-order valence-electron chi connectivity index (χ4n) is 6.49. The molecule has 0 heterocycles. The standard InChI is InChI=1S/C13H21N.C12H19N.C10H23N.2C9H21N.2C8H19N.C7H17N/c1-10-6-11(2)8-12(7-10)14-9-13(3,4)5;1-10-5-7-11(8-6-10)13-9-12(2,3)4;1-5-6-7-8-11-9-10(2,3)4;1-6-8(2)10-7-9(3,4)5;1-5-6-7-10-8-9(2,3)4;1-7(2)9-6-8(3,4)5;1-5-6-9-7-8(2,3)4;1-5-8-6-7(2,3)4/h6-8,14H,9H2,1-5H3;5-8,13H,9H2,1-4H3;11H,5-9H2,1-4H3;8,10H,6-7H2,1-5H3;10H,5-8H2,1-4H3;7,9H,6H2,1-5H3;9H,5-7H2,1-4H3;8H,5-6H2,1-4H3. The molecule has 0 radical (unpaired) electrons. The van der Waals surface area contributed by atoms with Crippen molar-refractivity contribution in [3.05, 3.63) is 59.2 Å². The summed E-state index contributed by atoms with van der Waals surface area (Å²) < 4.78 is 0. The van der Waals surface area contributed by atoms with Gasteiger partial charge in [0.1, 0.15) is 0 Å². The molecule has 8 N–H and O–H groups in total. The van der Waals surface area contributed by atoms with Gasteiger partial charge in [-0.3, -0.25) is 0 Å². The van der Waals surface area contributed by atoms with Crippen molar-refractivity contribution < 1.29 is 0 Å². The van der Waals surface area contributed by atoms with E-state index >= 15 is 0 Å². The summed E-state index contributed by atoms with van der Waals surface area (Å²) in [7, 11) is 0. The molecule has 84 heavy (non-hydrogen) atoms. The van der Waals surface area contributed by atoms with Gasteiger partial charge < -0.3 is 42.5 Å². The summed E-state index contributed by atoms with van der Waals surface area (Å²) in [5.41, 5.74) is 9.66. The number of hydrogen-bond donors (Lipinski definition) is 8. The molecular formula is C76H160N8. The maximum Gasteiger partial charge on any atom is 0.0345 e. The third-order valence-corrected chi connectivity index (χ3v) is 11.5. The van der Waals surface area contributed by atoms with E-state index in [0.717, 1.165) is 65.4 Å². The fourth-order valence-corrected chi connectivity index (χ4v) is 6.49. The molecule has 0 saturated carbocycles. The molecule has 8 nitrogen and oxygen atoms in total. The Hall–Kier alpha value is -2.20. The van der Waals surface area contributed by atoms with Gasteiger partial charge in [-0.15, -0.1) is 0 Å². The molecule has 2 rings (SSSR count). The third-order valence-electron chi connectivity index (χ3n) is 11.5. The van der Waals surface area contributed by atoms with Crippen LogP contribution in [0.3, 0.4) is 0 Å². The number of aryl methyl sites for hydroxylation is 3. The Morgan fingerprint density at radius 2 is 0.655 bits per heavy atom. The average Bonchev–Trinajstić information content (AvgIpc) is 3.31. The Morgan fingerprint density at radius 3 is 0.952 bits per heavy atom. The van der Waals surface area contributed by atoms with Gasteiger partial charge in [-0.25, -0.2) is 0 Å². The fraction of sp³-hybridized carbons (Fsp3) is 0.842. The van der Waals surface area contributed by atoms with Crippen LogP contribution in [-0.4, -0.2) is 90.6 Å². The van der Waals surface area contributed by atoms with Gasteiger partial charge in [0.2, 0.25) is 0 Å². The smallest absolute Gasteiger partial charge is 0.0345 e. The van der Waals surface area contributed by atoms with Crippen molar-refractivity contribution >= 4 is 11.4 Å². The second-order valence-electron chi connectivity index (χ2n) is 34.0. The van der Waals surface area contributed by atoms with Crippen LogP contribution < -0.4 is 42.5 Å². The van der Waals surface area contributed by atoms with Crippen LogP contribution in [-0.2, 0) is 0 Å². The largest absolute Gasteiger partial charge is 0.385 e. The highest BCUT2D eigenvalue weighted by Gasteiger charge is 2.14. The van der Waals surface area contributed by atoms with Crippen molar-refractivity contribution in [1.29, 1.82) is 0 Å². The van der Waals surface area contributed by atoms with Gasteiger partial charge in [0, 0.05) is 49.6 Å². The zero-order valence-electron chi connectivity index (χ0n) is 64.1. The first-order valence-corrected chi connectivity index (χ1v) is 33.9. The van der Waals surface area contributed by atoms with E-state index in [0.29, 0.717) is 55.4 Å². The lowest BCUT2D eigenvalue weighted by molar-refractivity contribution is 0.354. The lowest BCUT2D eigenvalue weighted by atomic mass is 9.96. The molecule has 1 unspecified atom stereocenters. The molecule has 0 aliphatic rings. The molecule has 1 atom stereocenters. The van der Waals surface area contributed by atoms with Gasteiger partial charge in [-0.1, -0.05) is 258 Å². The molecule has 2 aromatic carbocycles. The summed E-state index contributed by atoms with van der Waals surface area (Å²) in [5, 5.41) is 27.3. The van der Waals surface area contributed by atoms with E-state index in [-0.39, 0.29) is 0 Å². The van der Waals surface area contributed by atoms with E-state index in [4.69, 9.17) is 0 Å². The van der Waals surface area contributed by atoms with Crippen LogP contribution in [0, 0.1) is 64.1 Å². The molecular weight excluding hydrogens is 1020 g/mol. The van der Waals surface area contributed by atoms with Gasteiger partial charge in [0.25, 0.3) is 0 Å². The van der Waals surface area contributed by atoms with Crippen molar-refractivity contribution in [1.82, 2.24) is 31.9 Å². The summed E-state index contributed by atoms with van der Waals surface area (Å²) in [4.78, 5) is 0. The maximum atomic E-state index is 3.47. The number of hydrogen-bond acceptors (Lipinski definition) is 8. The molecule has 2 aromatic rings. The Kier molecular flexibility index (Phi) is 56.0. The second kappa shape index (κ2) is 50.6. The summed E-state index contributed by atoms with van der Waals surface area (Å²) in [5.74, 6) is 0. The minimum Gasteiger partial charge on any atom is -0.385 e. The van der Waals surface area contributed by atoms with Crippen LogP contribution >= 0.6 is 0 Å². The maximum absolute atomic E-state index is 3.47. The molecule has 0 bridgehead atoms. The van der Waals surface area contributed by atoms with Crippen molar-refractivity contribution in [2.45, 2.75) is 299 Å². The predicted octanol–water partition coefficient (Wildman–Crippen LogP) is 20.6. The zero-order valence-corrected chi connectivity index (χ0v) is 64.1. The van der Waals surface area contributed by atoms with Crippen LogP contribution in [0.15, 0.2) is 42.5 Å². The van der Waals surface area contributed by atoms with Crippen molar-refractivity contribution in [3.8, 4) is 0 Å². The van der Waals surface area contributed by atoms with Gasteiger partial charge in [0.05, 0.1) is 0 Å². The van der Waals surface area contributed by atoms with E-state index in [9.17, 15) is 0 Å². The minimum atomic E-state index is 0.331. The van der Waals surface area contributed by atoms with Crippen LogP contribution in [0.1, 0.15) is 283 Å². The van der Waals surface area contributed by atoms with E-state index in [1.54, 1.807) is 0 Å². The van der Waals surface area contributed by atoms with Gasteiger partial charge in [-0.05, 0) is 184 Å². The number of nitrogens with one attached hydrogen (secondary N) is 8. The van der Waals surface area contributed by atoms with Crippen LogP contribution in [0.5, 0.6) is 0 Å². The first-order chi connectivity index (χ1) is 38.0. The summed E-state index contributed by atoms with van der Waals surface area (Å²) in [6.45, 7) is 91.1. The predicted molar refractivity (Wildman–Crippen MR) is 392 cm³/mol. The van der Waals surface area contributed by atoms with E-state index in [1.807, 2.05) is 0 Å². The molecule has 0 aromatic heterocycles. The van der Waals surface area contributed by atoms with Gasteiger partial charge >= 0.3 is 0 Å².